The van der Waals surface area contributed by atoms with Gasteiger partial charge in [-0.1, -0.05) is 30.3 Å². The maximum absolute atomic E-state index is 12.3. The molecular weight excluding hydrogens is 250 g/mol. The molecule has 0 saturated heterocycles. The molecule has 2 N–H and O–H groups in total. The maximum Gasteiger partial charge on any atom is 0.243 e. The molecule has 4 nitrogen and oxygen atoms in total. The molecule has 1 amide bonds. The van der Waals surface area contributed by atoms with Crippen LogP contribution < -0.4 is 10.6 Å². The van der Waals surface area contributed by atoms with Gasteiger partial charge in [-0.25, -0.2) is 4.98 Å². The number of hydrogen-bond acceptors (Lipinski definition) is 3. The number of anilines is 1. The lowest BCUT2D eigenvalue weighted by Gasteiger charge is -2.25. The Morgan fingerprint density at radius 2 is 2.00 bits per heavy atom. The molecule has 0 aliphatic carbocycles. The Morgan fingerprint density at radius 3 is 2.80 bits per heavy atom. The first-order valence-electron chi connectivity index (χ1n) is 6.77. The molecule has 0 bridgehead atoms. The van der Waals surface area contributed by atoms with Crippen molar-refractivity contribution >= 4 is 11.7 Å². The Morgan fingerprint density at radius 1 is 1.20 bits per heavy atom. The molecule has 1 unspecified atom stereocenters. The van der Waals surface area contributed by atoms with E-state index in [-0.39, 0.29) is 11.9 Å². The molecule has 0 fully saturated rings. The predicted octanol–water partition coefficient (Wildman–Crippen LogP) is 2.04. The summed E-state index contributed by atoms with van der Waals surface area (Å²) in [6.07, 6.45) is 0.716. The van der Waals surface area contributed by atoms with E-state index < -0.39 is 0 Å². The van der Waals surface area contributed by atoms with Crippen LogP contribution in [0.3, 0.4) is 0 Å². The van der Waals surface area contributed by atoms with Crippen LogP contribution in [0.2, 0.25) is 0 Å². The molecule has 0 saturated carbocycles. The first-order valence-corrected chi connectivity index (χ1v) is 6.77. The summed E-state index contributed by atoms with van der Waals surface area (Å²) in [6, 6.07) is 13.6. The van der Waals surface area contributed by atoms with Crippen molar-refractivity contribution in [1.29, 1.82) is 0 Å². The number of hydrogen-bond donors (Lipinski definition) is 2. The summed E-state index contributed by atoms with van der Waals surface area (Å²) in [7, 11) is 0. The van der Waals surface area contributed by atoms with Gasteiger partial charge in [-0.2, -0.15) is 0 Å². The molecule has 0 spiro atoms. The number of nitrogens with one attached hydrogen (secondary N) is 2. The van der Waals surface area contributed by atoms with E-state index in [2.05, 4.69) is 27.8 Å². The molecule has 4 heteroatoms. The molecule has 1 aromatic heterocycles. The Labute approximate surface area is 118 Å². The van der Waals surface area contributed by atoms with Gasteiger partial charge in [0.05, 0.1) is 6.04 Å². The second-order valence-electron chi connectivity index (χ2n) is 5.06. The second-order valence-corrected chi connectivity index (χ2v) is 5.06. The second kappa shape index (κ2) is 5.43. The van der Waals surface area contributed by atoms with Crippen molar-refractivity contribution in [3.63, 3.8) is 0 Å². The molecule has 1 aromatic carbocycles. The van der Waals surface area contributed by atoms with Crippen molar-refractivity contribution in [3.05, 3.63) is 59.3 Å². The van der Waals surface area contributed by atoms with E-state index in [4.69, 9.17) is 0 Å². The zero-order valence-corrected chi connectivity index (χ0v) is 11.4. The van der Waals surface area contributed by atoms with E-state index in [0.717, 1.165) is 12.2 Å². The number of amides is 1. The van der Waals surface area contributed by atoms with Gasteiger partial charge in [-0.15, -0.1) is 0 Å². The first kappa shape index (κ1) is 12.8. The Bertz CT molecular complexity index is 639. The van der Waals surface area contributed by atoms with Gasteiger partial charge in [0.1, 0.15) is 5.82 Å². The van der Waals surface area contributed by atoms with Crippen LogP contribution >= 0.6 is 0 Å². The van der Waals surface area contributed by atoms with Crippen LogP contribution in [0.5, 0.6) is 0 Å². The Balaban J connectivity index is 1.70. The van der Waals surface area contributed by atoms with E-state index in [1.165, 1.54) is 11.1 Å². The highest BCUT2D eigenvalue weighted by Gasteiger charge is 2.23. The molecule has 0 radical (unpaired) electrons. The number of carbonyl (C=O) groups is 1. The molecular formula is C16H17N3O. The number of pyridine rings is 1. The third-order valence-corrected chi connectivity index (χ3v) is 3.54. The van der Waals surface area contributed by atoms with E-state index in [1.807, 2.05) is 37.3 Å². The molecule has 1 atom stereocenters. The van der Waals surface area contributed by atoms with Crippen LogP contribution in [0, 0.1) is 6.92 Å². The molecule has 102 valence electrons. The number of aromatic nitrogens is 1. The standard InChI is InChI=1S/C16H17N3O/c1-11-5-4-8-15(18-11)19-16(20)14-9-12-6-2-3-7-13(12)10-17-14/h2-8,14,17H,9-10H2,1H3,(H,18,19,20). The molecule has 3 rings (SSSR count). The lowest BCUT2D eigenvalue weighted by atomic mass is 9.95. The Hall–Kier alpha value is -2.20. The average Bonchev–Trinajstić information content (AvgIpc) is 2.47. The van der Waals surface area contributed by atoms with Crippen LogP contribution in [0.1, 0.15) is 16.8 Å². The normalized spacial score (nSPS) is 17.4. The van der Waals surface area contributed by atoms with Crippen molar-refractivity contribution in [1.82, 2.24) is 10.3 Å². The zero-order chi connectivity index (χ0) is 13.9. The van der Waals surface area contributed by atoms with Crippen molar-refractivity contribution < 1.29 is 4.79 Å². The molecule has 20 heavy (non-hydrogen) atoms. The van der Waals surface area contributed by atoms with Crippen molar-refractivity contribution in [2.75, 3.05) is 5.32 Å². The third-order valence-electron chi connectivity index (χ3n) is 3.54. The number of rotatable bonds is 2. The largest absolute Gasteiger partial charge is 0.309 e. The van der Waals surface area contributed by atoms with Gasteiger partial charge in [0, 0.05) is 12.2 Å². The highest BCUT2D eigenvalue weighted by Crippen LogP contribution is 2.17. The first-order chi connectivity index (χ1) is 9.72. The summed E-state index contributed by atoms with van der Waals surface area (Å²) in [5.41, 5.74) is 3.40. The minimum absolute atomic E-state index is 0.0300. The van der Waals surface area contributed by atoms with Crippen LogP contribution in [0.15, 0.2) is 42.5 Å². The number of benzene rings is 1. The summed E-state index contributed by atoms with van der Waals surface area (Å²) < 4.78 is 0. The number of aryl methyl sites for hydroxylation is 1. The van der Waals surface area contributed by atoms with Crippen LogP contribution in [-0.2, 0) is 17.8 Å². The zero-order valence-electron chi connectivity index (χ0n) is 11.4. The minimum Gasteiger partial charge on any atom is -0.309 e. The minimum atomic E-state index is -0.202. The number of nitrogens with zero attached hydrogens (tertiary/aromatic N) is 1. The van der Waals surface area contributed by atoms with E-state index in [9.17, 15) is 4.79 Å². The predicted molar refractivity (Wildman–Crippen MR) is 78.4 cm³/mol. The fraction of sp³-hybridized carbons (Fsp3) is 0.250. The molecule has 2 aromatic rings. The summed E-state index contributed by atoms with van der Waals surface area (Å²) in [5.74, 6) is 0.577. The lowest BCUT2D eigenvalue weighted by Crippen LogP contribution is -2.44. The van der Waals surface area contributed by atoms with Gasteiger partial charge in [0.2, 0.25) is 5.91 Å². The van der Waals surface area contributed by atoms with Gasteiger partial charge in [0.15, 0.2) is 0 Å². The number of fused-ring (bicyclic) bond motifs is 1. The van der Waals surface area contributed by atoms with Gasteiger partial charge < -0.3 is 10.6 Å². The van der Waals surface area contributed by atoms with Gasteiger partial charge >= 0.3 is 0 Å². The summed E-state index contributed by atoms with van der Waals surface area (Å²) in [4.78, 5) is 16.6. The topological polar surface area (TPSA) is 54.0 Å². The van der Waals surface area contributed by atoms with Gasteiger partial charge in [-0.3, -0.25) is 4.79 Å². The molecule has 1 aliphatic heterocycles. The van der Waals surface area contributed by atoms with Gasteiger partial charge in [-0.05, 0) is 36.6 Å². The highest BCUT2D eigenvalue weighted by molar-refractivity contribution is 5.94. The quantitative estimate of drug-likeness (QED) is 0.875. The molecule has 1 aliphatic rings. The third kappa shape index (κ3) is 2.70. The van der Waals surface area contributed by atoms with Crippen molar-refractivity contribution in [2.24, 2.45) is 0 Å². The highest BCUT2D eigenvalue weighted by atomic mass is 16.2. The lowest BCUT2D eigenvalue weighted by molar-refractivity contribution is -0.118. The van der Waals surface area contributed by atoms with E-state index in [1.54, 1.807) is 0 Å². The fourth-order valence-electron chi connectivity index (χ4n) is 2.47. The summed E-state index contributed by atoms with van der Waals surface area (Å²) in [5, 5.41) is 6.14. The van der Waals surface area contributed by atoms with E-state index >= 15 is 0 Å². The summed E-state index contributed by atoms with van der Waals surface area (Å²) in [6.45, 7) is 2.64. The number of carbonyl (C=O) groups excluding carboxylic acids is 1. The SMILES string of the molecule is Cc1cccc(NC(=O)C2Cc3ccccc3CN2)n1. The van der Waals surface area contributed by atoms with Crippen LogP contribution in [0.4, 0.5) is 5.82 Å². The van der Waals surface area contributed by atoms with E-state index in [0.29, 0.717) is 12.2 Å². The molecule has 2 heterocycles. The van der Waals surface area contributed by atoms with Crippen LogP contribution in [-0.4, -0.2) is 16.9 Å². The maximum atomic E-state index is 12.3. The fourth-order valence-corrected chi connectivity index (χ4v) is 2.47. The monoisotopic (exact) mass is 267 g/mol. The van der Waals surface area contributed by atoms with Crippen molar-refractivity contribution in [3.8, 4) is 0 Å². The average molecular weight is 267 g/mol. The van der Waals surface area contributed by atoms with Crippen LogP contribution in [0.25, 0.3) is 0 Å². The Kier molecular flexibility index (Phi) is 3.48. The van der Waals surface area contributed by atoms with Gasteiger partial charge in [0.25, 0.3) is 0 Å². The van der Waals surface area contributed by atoms with Crippen molar-refractivity contribution in [2.45, 2.75) is 25.9 Å². The summed E-state index contributed by atoms with van der Waals surface area (Å²) >= 11 is 0. The smallest absolute Gasteiger partial charge is 0.243 e.